The van der Waals surface area contributed by atoms with Crippen molar-refractivity contribution in [3.8, 4) is 5.75 Å². The van der Waals surface area contributed by atoms with Crippen LogP contribution in [0, 0.1) is 13.8 Å². The molecule has 0 atom stereocenters. The van der Waals surface area contributed by atoms with Gasteiger partial charge in [0.1, 0.15) is 18.6 Å². The van der Waals surface area contributed by atoms with E-state index in [-0.39, 0.29) is 12.2 Å². The normalized spacial score (nSPS) is 10.7. The Morgan fingerprint density at radius 1 is 1.15 bits per heavy atom. The fourth-order valence-electron chi connectivity index (χ4n) is 2.18. The molecule has 0 amide bonds. The van der Waals surface area contributed by atoms with E-state index in [0.29, 0.717) is 17.1 Å². The Hall–Kier alpha value is -1.95. The lowest BCUT2D eigenvalue weighted by atomic mass is 10.1. The van der Waals surface area contributed by atoms with Crippen LogP contribution in [0.2, 0.25) is 0 Å². The number of aryl methyl sites for hydroxylation is 2. The summed E-state index contributed by atoms with van der Waals surface area (Å²) in [6.45, 7) is 5.51. The first kappa shape index (κ1) is 22.1. The van der Waals surface area contributed by atoms with Crippen molar-refractivity contribution in [3.05, 3.63) is 58.7 Å². The maximum absolute atomic E-state index is 13.2. The lowest BCUT2D eigenvalue weighted by Gasteiger charge is -2.17. The van der Waals surface area contributed by atoms with E-state index in [1.807, 2.05) is 39.0 Å². The number of hydrogen-bond acceptors (Lipinski definition) is 3. The predicted octanol–water partition coefficient (Wildman–Crippen LogP) is 6.22. The number of carbonyl (C=O) groups excluding carboxylic acids is 1. The van der Waals surface area contributed by atoms with Crippen molar-refractivity contribution in [2.45, 2.75) is 44.9 Å². The molecule has 2 aromatic rings. The van der Waals surface area contributed by atoms with Crippen molar-refractivity contribution in [1.82, 2.24) is 0 Å². The molecule has 2 rings (SSSR count). The summed E-state index contributed by atoms with van der Waals surface area (Å²) < 4.78 is 45.2. The minimum absolute atomic E-state index is 0.101. The van der Waals surface area contributed by atoms with Gasteiger partial charge in [-0.2, -0.15) is 13.2 Å². The maximum atomic E-state index is 13.2. The van der Waals surface area contributed by atoms with Gasteiger partial charge in [-0.15, -0.1) is 11.8 Å². The second-order valence-electron chi connectivity index (χ2n) is 5.62. The van der Waals surface area contributed by atoms with Gasteiger partial charge in [0.25, 0.3) is 0 Å². The second kappa shape index (κ2) is 10.3. The quantitative estimate of drug-likeness (QED) is 0.452. The van der Waals surface area contributed by atoms with Crippen molar-refractivity contribution < 1.29 is 22.7 Å². The summed E-state index contributed by atoms with van der Waals surface area (Å²) >= 11 is 1.29. The van der Waals surface area contributed by atoms with Crippen LogP contribution in [0.5, 0.6) is 5.75 Å². The molecule has 0 saturated heterocycles. The zero-order valence-corrected chi connectivity index (χ0v) is 16.1. The number of alkyl halides is 3. The SMILES string of the molecule is CCC=O.CSc1cccc(C(F)(F)F)c1COc1cc(C)ccc1C. The molecule has 0 aliphatic heterocycles. The first-order chi connectivity index (χ1) is 12.2. The lowest BCUT2D eigenvalue weighted by molar-refractivity contribution is -0.138. The highest BCUT2D eigenvalue weighted by Gasteiger charge is 2.34. The number of thioether (sulfide) groups is 1. The minimum atomic E-state index is -4.38. The monoisotopic (exact) mass is 384 g/mol. The van der Waals surface area contributed by atoms with Gasteiger partial charge in [0.05, 0.1) is 5.56 Å². The van der Waals surface area contributed by atoms with E-state index in [1.54, 1.807) is 12.3 Å². The molecule has 26 heavy (non-hydrogen) atoms. The molecule has 2 nitrogen and oxygen atoms in total. The summed E-state index contributed by atoms with van der Waals surface area (Å²) in [5, 5.41) is 0. The third-order valence-electron chi connectivity index (χ3n) is 3.54. The molecule has 0 aliphatic rings. The van der Waals surface area contributed by atoms with Gasteiger partial charge in [0.2, 0.25) is 0 Å². The van der Waals surface area contributed by atoms with Gasteiger partial charge in [-0.3, -0.25) is 0 Å². The number of halogens is 3. The van der Waals surface area contributed by atoms with E-state index in [1.165, 1.54) is 17.8 Å². The molecule has 0 N–H and O–H groups in total. The number of ether oxygens (including phenoxy) is 1. The van der Waals surface area contributed by atoms with E-state index in [4.69, 9.17) is 4.74 Å². The molecule has 0 heterocycles. The van der Waals surface area contributed by atoms with Crippen LogP contribution in [0.4, 0.5) is 13.2 Å². The van der Waals surface area contributed by atoms with Crippen LogP contribution < -0.4 is 4.74 Å². The Morgan fingerprint density at radius 2 is 1.81 bits per heavy atom. The van der Waals surface area contributed by atoms with Crippen molar-refractivity contribution in [1.29, 1.82) is 0 Å². The Bertz CT molecular complexity index is 727. The third kappa shape index (κ3) is 6.41. The van der Waals surface area contributed by atoms with Gasteiger partial charge in [-0.25, -0.2) is 0 Å². The molecule has 0 aliphatic carbocycles. The third-order valence-corrected chi connectivity index (χ3v) is 4.36. The van der Waals surface area contributed by atoms with E-state index in [0.717, 1.165) is 23.5 Å². The van der Waals surface area contributed by atoms with E-state index in [9.17, 15) is 18.0 Å². The number of hydrogen-bond donors (Lipinski definition) is 0. The zero-order chi connectivity index (χ0) is 19.7. The highest BCUT2D eigenvalue weighted by molar-refractivity contribution is 7.98. The van der Waals surface area contributed by atoms with E-state index < -0.39 is 11.7 Å². The highest BCUT2D eigenvalue weighted by Crippen LogP contribution is 2.36. The highest BCUT2D eigenvalue weighted by atomic mass is 32.2. The van der Waals surface area contributed by atoms with Crippen molar-refractivity contribution in [3.63, 3.8) is 0 Å². The Morgan fingerprint density at radius 3 is 2.35 bits per heavy atom. The average Bonchev–Trinajstić information content (AvgIpc) is 2.61. The standard InChI is InChI=1S/C17H17F3OS.C3H6O/c1-11-7-8-12(2)15(9-11)21-10-13-14(17(18,19)20)5-4-6-16(13)22-3;1-2-3-4/h4-9H,10H2,1-3H3;3H,2H2,1H3. The van der Waals surface area contributed by atoms with E-state index in [2.05, 4.69) is 0 Å². The van der Waals surface area contributed by atoms with Crippen LogP contribution in [0.25, 0.3) is 0 Å². The molecule has 0 radical (unpaired) electrons. The molecule has 0 fully saturated rings. The average molecular weight is 384 g/mol. The number of carbonyl (C=O) groups is 1. The van der Waals surface area contributed by atoms with Crippen LogP contribution in [0.3, 0.4) is 0 Å². The summed E-state index contributed by atoms with van der Waals surface area (Å²) in [6, 6.07) is 9.89. The molecule has 142 valence electrons. The first-order valence-corrected chi connectivity index (χ1v) is 9.33. The van der Waals surface area contributed by atoms with E-state index >= 15 is 0 Å². The smallest absolute Gasteiger partial charge is 0.416 e. The molecule has 0 bridgehead atoms. The molecule has 2 aromatic carbocycles. The maximum Gasteiger partial charge on any atom is 0.416 e. The topological polar surface area (TPSA) is 26.3 Å². The van der Waals surface area contributed by atoms with Gasteiger partial charge in [0.15, 0.2) is 0 Å². The van der Waals surface area contributed by atoms with Gasteiger partial charge < -0.3 is 9.53 Å². The van der Waals surface area contributed by atoms with Crippen LogP contribution in [0.15, 0.2) is 41.3 Å². The van der Waals surface area contributed by atoms with Gasteiger partial charge >= 0.3 is 6.18 Å². The van der Waals surface area contributed by atoms with Crippen molar-refractivity contribution in [2.75, 3.05) is 6.26 Å². The fraction of sp³-hybridized carbons (Fsp3) is 0.350. The van der Waals surface area contributed by atoms with Gasteiger partial charge in [-0.05, 0) is 49.4 Å². The number of aldehydes is 1. The summed E-state index contributed by atoms with van der Waals surface area (Å²) in [4.78, 5) is 9.76. The first-order valence-electron chi connectivity index (χ1n) is 8.11. The largest absolute Gasteiger partial charge is 0.489 e. The van der Waals surface area contributed by atoms with Gasteiger partial charge in [0, 0.05) is 16.9 Å². The van der Waals surface area contributed by atoms with Gasteiger partial charge in [-0.1, -0.05) is 25.1 Å². The Labute approximate surface area is 156 Å². The molecular weight excluding hydrogens is 361 g/mol. The Balaban J connectivity index is 0.000000765. The molecule has 0 aromatic heterocycles. The zero-order valence-electron chi connectivity index (χ0n) is 15.3. The molecular formula is C20H23F3O2S. The summed E-state index contributed by atoms with van der Waals surface area (Å²) in [7, 11) is 0. The molecule has 0 spiro atoms. The predicted molar refractivity (Wildman–Crippen MR) is 99.8 cm³/mol. The summed E-state index contributed by atoms with van der Waals surface area (Å²) in [6.07, 6.45) is -1.11. The lowest BCUT2D eigenvalue weighted by Crippen LogP contribution is -2.12. The molecule has 6 heteroatoms. The van der Waals surface area contributed by atoms with Crippen LogP contribution >= 0.6 is 11.8 Å². The molecule has 0 saturated carbocycles. The summed E-state index contributed by atoms with van der Waals surface area (Å²) in [5.41, 5.74) is 1.46. The number of rotatable bonds is 5. The van der Waals surface area contributed by atoms with Crippen LogP contribution in [0.1, 0.15) is 35.6 Å². The van der Waals surface area contributed by atoms with Crippen molar-refractivity contribution in [2.24, 2.45) is 0 Å². The van der Waals surface area contributed by atoms with Crippen molar-refractivity contribution >= 4 is 18.0 Å². The van der Waals surface area contributed by atoms with Crippen LogP contribution in [-0.2, 0) is 17.6 Å². The number of benzene rings is 2. The fourth-order valence-corrected chi connectivity index (χ4v) is 2.81. The Kier molecular flexibility index (Phi) is 8.72. The summed E-state index contributed by atoms with van der Waals surface area (Å²) in [5.74, 6) is 0.615. The molecule has 0 unspecified atom stereocenters. The van der Waals surface area contributed by atoms with Crippen LogP contribution in [-0.4, -0.2) is 12.5 Å². The minimum Gasteiger partial charge on any atom is -0.489 e. The second-order valence-corrected chi connectivity index (χ2v) is 6.46.